The Kier molecular flexibility index (Phi) is 6.71. The van der Waals surface area contributed by atoms with Crippen LogP contribution in [0.3, 0.4) is 0 Å². The van der Waals surface area contributed by atoms with Crippen molar-refractivity contribution in [2.24, 2.45) is 5.92 Å². The van der Waals surface area contributed by atoms with E-state index in [-0.39, 0.29) is 11.7 Å². The van der Waals surface area contributed by atoms with Crippen molar-refractivity contribution >= 4 is 17.7 Å². The number of rotatable bonds is 8. The van der Waals surface area contributed by atoms with Gasteiger partial charge in [0.1, 0.15) is 5.75 Å². The van der Waals surface area contributed by atoms with E-state index in [1.54, 1.807) is 7.11 Å². The van der Waals surface area contributed by atoms with Crippen molar-refractivity contribution in [3.05, 3.63) is 54.6 Å². The average Bonchev–Trinajstić information content (AvgIpc) is 3.15. The molecule has 0 aliphatic rings. The molecule has 0 spiro atoms. The molecule has 0 saturated carbocycles. The molecule has 1 N–H and O–H groups in total. The number of hydrogen-bond donors (Lipinski definition) is 1. The minimum Gasteiger partial charge on any atom is -0.497 e. The molecule has 3 aromatic rings. The van der Waals surface area contributed by atoms with Gasteiger partial charge in [-0.1, -0.05) is 55.9 Å². The maximum atomic E-state index is 12.1. The van der Waals surface area contributed by atoms with E-state index in [0.717, 1.165) is 17.0 Å². The van der Waals surface area contributed by atoms with E-state index in [0.29, 0.717) is 23.4 Å². The third-order valence-electron chi connectivity index (χ3n) is 4.02. The predicted octanol–water partition coefficient (Wildman–Crippen LogP) is 3.81. The Morgan fingerprint density at radius 2 is 1.93 bits per heavy atom. The van der Waals surface area contributed by atoms with Crippen LogP contribution < -0.4 is 10.1 Å². The van der Waals surface area contributed by atoms with Gasteiger partial charge in [-0.2, -0.15) is 0 Å². The molecular weight excluding hydrogens is 372 g/mol. The molecule has 0 radical (unpaired) electrons. The highest BCUT2D eigenvalue weighted by Gasteiger charge is 2.17. The van der Waals surface area contributed by atoms with E-state index < -0.39 is 0 Å². The third kappa shape index (κ3) is 4.92. The largest absolute Gasteiger partial charge is 0.497 e. The number of aromatic nitrogens is 3. The molecule has 6 nitrogen and oxygen atoms in total. The van der Waals surface area contributed by atoms with Crippen LogP contribution in [0, 0.1) is 5.92 Å². The van der Waals surface area contributed by atoms with Gasteiger partial charge in [-0.15, -0.1) is 10.2 Å². The maximum absolute atomic E-state index is 12.1. The van der Waals surface area contributed by atoms with Crippen LogP contribution in [0.4, 0.5) is 0 Å². The van der Waals surface area contributed by atoms with E-state index in [9.17, 15) is 4.79 Å². The molecule has 2 aromatic carbocycles. The summed E-state index contributed by atoms with van der Waals surface area (Å²) in [6.07, 6.45) is 0. The lowest BCUT2D eigenvalue weighted by molar-refractivity contribution is -0.118. The Labute approximate surface area is 169 Å². The molecule has 0 aliphatic heterocycles. The van der Waals surface area contributed by atoms with Crippen LogP contribution in [0.1, 0.15) is 13.8 Å². The fourth-order valence-electron chi connectivity index (χ4n) is 2.62. The zero-order valence-corrected chi connectivity index (χ0v) is 17.1. The van der Waals surface area contributed by atoms with Crippen LogP contribution in [0.2, 0.25) is 0 Å². The number of thioether (sulfide) groups is 1. The van der Waals surface area contributed by atoms with E-state index in [2.05, 4.69) is 29.4 Å². The van der Waals surface area contributed by atoms with Gasteiger partial charge in [-0.05, 0) is 30.2 Å². The van der Waals surface area contributed by atoms with Gasteiger partial charge in [0.2, 0.25) is 5.91 Å². The normalized spacial score (nSPS) is 10.9. The number of carbonyl (C=O) groups excluding carboxylic acids is 1. The highest BCUT2D eigenvalue weighted by molar-refractivity contribution is 7.99. The quantitative estimate of drug-likeness (QED) is 0.587. The van der Waals surface area contributed by atoms with Crippen molar-refractivity contribution in [2.75, 3.05) is 19.4 Å². The second-order valence-electron chi connectivity index (χ2n) is 6.70. The van der Waals surface area contributed by atoms with Crippen LogP contribution >= 0.6 is 11.8 Å². The first-order valence-electron chi connectivity index (χ1n) is 9.13. The molecule has 0 fully saturated rings. The average molecular weight is 397 g/mol. The first-order chi connectivity index (χ1) is 13.6. The summed E-state index contributed by atoms with van der Waals surface area (Å²) < 4.78 is 7.31. The van der Waals surface area contributed by atoms with Crippen LogP contribution in [-0.2, 0) is 4.79 Å². The van der Waals surface area contributed by atoms with Crippen LogP contribution in [-0.4, -0.2) is 40.1 Å². The number of nitrogens with zero attached hydrogens (tertiary/aromatic N) is 3. The molecule has 0 unspecified atom stereocenters. The predicted molar refractivity (Wildman–Crippen MR) is 112 cm³/mol. The highest BCUT2D eigenvalue weighted by atomic mass is 32.2. The van der Waals surface area contributed by atoms with Gasteiger partial charge < -0.3 is 10.1 Å². The Morgan fingerprint density at radius 3 is 2.64 bits per heavy atom. The monoisotopic (exact) mass is 396 g/mol. The summed E-state index contributed by atoms with van der Waals surface area (Å²) in [5.41, 5.74) is 1.84. The van der Waals surface area contributed by atoms with E-state index in [1.807, 2.05) is 59.2 Å². The van der Waals surface area contributed by atoms with Gasteiger partial charge in [0.05, 0.1) is 12.9 Å². The Morgan fingerprint density at radius 1 is 1.14 bits per heavy atom. The minimum absolute atomic E-state index is 0.00996. The number of hydrogen-bond acceptors (Lipinski definition) is 5. The first-order valence-corrected chi connectivity index (χ1v) is 10.1. The fraction of sp³-hybridized carbons (Fsp3) is 0.286. The van der Waals surface area contributed by atoms with Gasteiger partial charge in [0.15, 0.2) is 11.0 Å². The van der Waals surface area contributed by atoms with Crippen molar-refractivity contribution in [3.63, 3.8) is 0 Å². The van der Waals surface area contributed by atoms with Crippen LogP contribution in [0.5, 0.6) is 5.75 Å². The Hall–Kier alpha value is -2.80. The number of methoxy groups -OCH3 is 1. The highest BCUT2D eigenvalue weighted by Crippen LogP contribution is 2.29. The third-order valence-corrected chi connectivity index (χ3v) is 4.94. The van der Waals surface area contributed by atoms with Gasteiger partial charge in [0, 0.05) is 17.8 Å². The number of nitrogens with one attached hydrogen (secondary N) is 1. The van der Waals surface area contributed by atoms with Gasteiger partial charge in [-0.3, -0.25) is 9.36 Å². The Balaban J connectivity index is 1.90. The lowest BCUT2D eigenvalue weighted by Gasteiger charge is -2.11. The van der Waals surface area contributed by atoms with E-state index >= 15 is 0 Å². The number of para-hydroxylation sites is 1. The lowest BCUT2D eigenvalue weighted by atomic mass is 10.2. The summed E-state index contributed by atoms with van der Waals surface area (Å²) in [5.74, 6) is 2.15. The molecule has 0 bridgehead atoms. The van der Waals surface area contributed by atoms with Gasteiger partial charge in [-0.25, -0.2) is 0 Å². The molecular formula is C21H24N4O2S. The van der Waals surface area contributed by atoms with Crippen LogP contribution in [0.15, 0.2) is 59.8 Å². The second kappa shape index (κ2) is 9.41. The molecule has 1 heterocycles. The summed E-state index contributed by atoms with van der Waals surface area (Å²) >= 11 is 1.37. The van der Waals surface area contributed by atoms with Crippen molar-refractivity contribution in [3.8, 4) is 22.8 Å². The minimum atomic E-state index is -0.00996. The summed E-state index contributed by atoms with van der Waals surface area (Å²) in [5, 5.41) is 12.3. The SMILES string of the molecule is COc1cccc(-c2nnc(SCC(=O)NCC(C)C)n2-c2ccccc2)c1. The van der Waals surface area contributed by atoms with Gasteiger partial charge in [0.25, 0.3) is 0 Å². The molecule has 1 amide bonds. The van der Waals surface area contributed by atoms with Crippen LogP contribution in [0.25, 0.3) is 17.1 Å². The molecule has 146 valence electrons. The standard InChI is InChI=1S/C21H24N4O2S/c1-15(2)13-22-19(26)14-28-21-24-23-20(16-8-7-11-18(12-16)27-3)25(21)17-9-5-4-6-10-17/h4-12,15H,13-14H2,1-3H3,(H,22,26). The number of amides is 1. The zero-order valence-electron chi connectivity index (χ0n) is 16.3. The smallest absolute Gasteiger partial charge is 0.230 e. The van der Waals surface area contributed by atoms with Crippen molar-refractivity contribution in [1.29, 1.82) is 0 Å². The summed E-state index contributed by atoms with van der Waals surface area (Å²) in [6, 6.07) is 17.6. The van der Waals surface area contributed by atoms with Gasteiger partial charge >= 0.3 is 0 Å². The zero-order chi connectivity index (χ0) is 19.9. The second-order valence-corrected chi connectivity index (χ2v) is 7.64. The van der Waals surface area contributed by atoms with Crippen molar-refractivity contribution in [2.45, 2.75) is 19.0 Å². The molecule has 0 aliphatic carbocycles. The van der Waals surface area contributed by atoms with E-state index in [1.165, 1.54) is 11.8 Å². The number of carbonyl (C=O) groups is 1. The molecule has 7 heteroatoms. The van der Waals surface area contributed by atoms with Crippen molar-refractivity contribution in [1.82, 2.24) is 20.1 Å². The summed E-state index contributed by atoms with van der Waals surface area (Å²) in [7, 11) is 1.64. The van der Waals surface area contributed by atoms with E-state index in [4.69, 9.17) is 4.74 Å². The lowest BCUT2D eigenvalue weighted by Crippen LogP contribution is -2.28. The fourth-order valence-corrected chi connectivity index (χ4v) is 3.40. The topological polar surface area (TPSA) is 69.0 Å². The number of benzene rings is 2. The molecule has 0 atom stereocenters. The number of ether oxygens (including phenoxy) is 1. The molecule has 1 aromatic heterocycles. The molecule has 28 heavy (non-hydrogen) atoms. The molecule has 3 rings (SSSR count). The van der Waals surface area contributed by atoms with Crippen molar-refractivity contribution < 1.29 is 9.53 Å². The maximum Gasteiger partial charge on any atom is 0.230 e. The first kappa shape index (κ1) is 19.9. The molecule has 0 saturated heterocycles. The summed E-state index contributed by atoms with van der Waals surface area (Å²) in [4.78, 5) is 12.1. The summed E-state index contributed by atoms with van der Waals surface area (Å²) in [6.45, 7) is 4.81. The Bertz CT molecular complexity index is 925.